The van der Waals surface area contributed by atoms with E-state index in [1.807, 2.05) is 54.7 Å². The number of nitrogens with zero attached hydrogens (tertiary/aromatic N) is 2. The number of rotatable bonds is 4. The van der Waals surface area contributed by atoms with Crippen LogP contribution in [0.5, 0.6) is 11.5 Å². The molecule has 0 saturated heterocycles. The van der Waals surface area contributed by atoms with Gasteiger partial charge in [-0.2, -0.15) is 5.10 Å². The first-order valence-electron chi connectivity index (χ1n) is 9.98. The molecule has 1 aliphatic carbocycles. The lowest BCUT2D eigenvalue weighted by atomic mass is 9.87. The SMILES string of the molecule is O=C(NCCn1ncc2c1CCCC2)C1c2ccccc2Oc2ccccc21. The molecule has 5 heteroatoms. The minimum absolute atomic E-state index is 0.00391. The van der Waals surface area contributed by atoms with Crippen molar-refractivity contribution in [1.29, 1.82) is 0 Å². The van der Waals surface area contributed by atoms with Gasteiger partial charge >= 0.3 is 0 Å². The van der Waals surface area contributed by atoms with Gasteiger partial charge in [0.05, 0.1) is 18.7 Å². The quantitative estimate of drug-likeness (QED) is 0.756. The van der Waals surface area contributed by atoms with Crippen LogP contribution in [0, 0.1) is 0 Å². The zero-order valence-corrected chi connectivity index (χ0v) is 15.7. The molecule has 2 heterocycles. The Kier molecular flexibility index (Phi) is 4.35. The van der Waals surface area contributed by atoms with E-state index in [0.29, 0.717) is 13.1 Å². The van der Waals surface area contributed by atoms with Crippen LogP contribution in [0.1, 0.15) is 41.1 Å². The fourth-order valence-corrected chi connectivity index (χ4v) is 4.33. The lowest BCUT2D eigenvalue weighted by Gasteiger charge is -2.27. The van der Waals surface area contributed by atoms with Crippen LogP contribution in [0.15, 0.2) is 54.7 Å². The number of aryl methyl sites for hydroxylation is 1. The standard InChI is InChI=1S/C23H23N3O2/c27-23(24-13-14-26-19-10-4-1-7-16(19)15-25-26)22-17-8-2-5-11-20(17)28-21-12-6-3-9-18(21)22/h2-3,5-6,8-9,11-12,15,22H,1,4,7,10,13-14H2,(H,24,27). The Morgan fingerprint density at radius 2 is 1.71 bits per heavy atom. The number of hydrogen-bond donors (Lipinski definition) is 1. The summed E-state index contributed by atoms with van der Waals surface area (Å²) in [6.45, 7) is 1.27. The van der Waals surface area contributed by atoms with E-state index >= 15 is 0 Å². The Hall–Kier alpha value is -3.08. The number of hydrogen-bond acceptors (Lipinski definition) is 3. The van der Waals surface area contributed by atoms with Gasteiger partial charge in [-0.3, -0.25) is 9.48 Å². The number of carbonyl (C=O) groups excluding carboxylic acids is 1. The summed E-state index contributed by atoms with van der Waals surface area (Å²) in [5.41, 5.74) is 4.53. The van der Waals surface area contributed by atoms with Crippen molar-refractivity contribution in [3.63, 3.8) is 0 Å². The van der Waals surface area contributed by atoms with Crippen LogP contribution < -0.4 is 10.1 Å². The number of nitrogens with one attached hydrogen (secondary N) is 1. The van der Waals surface area contributed by atoms with Crippen molar-refractivity contribution >= 4 is 5.91 Å². The summed E-state index contributed by atoms with van der Waals surface area (Å²) in [7, 11) is 0. The van der Waals surface area contributed by atoms with Crippen LogP contribution in [-0.2, 0) is 24.2 Å². The average Bonchev–Trinajstić information content (AvgIpc) is 3.15. The molecule has 0 fully saturated rings. The summed E-state index contributed by atoms with van der Waals surface area (Å²) in [5, 5.41) is 7.65. The predicted molar refractivity (Wildman–Crippen MR) is 107 cm³/mol. The van der Waals surface area contributed by atoms with Gasteiger partial charge in [-0.05, 0) is 43.4 Å². The number of fused-ring (bicyclic) bond motifs is 3. The number of aromatic nitrogens is 2. The van der Waals surface area contributed by atoms with Crippen LogP contribution in [0.4, 0.5) is 0 Å². The fraction of sp³-hybridized carbons (Fsp3) is 0.304. The topological polar surface area (TPSA) is 56.2 Å². The molecule has 142 valence electrons. The van der Waals surface area contributed by atoms with Crippen molar-refractivity contribution in [3.05, 3.63) is 77.1 Å². The highest BCUT2D eigenvalue weighted by atomic mass is 16.5. The molecular weight excluding hydrogens is 350 g/mol. The largest absolute Gasteiger partial charge is 0.457 e. The number of amides is 1. The normalized spacial score (nSPS) is 15.1. The third kappa shape index (κ3) is 2.97. The highest BCUT2D eigenvalue weighted by Gasteiger charge is 2.32. The maximum atomic E-state index is 13.1. The summed E-state index contributed by atoms with van der Waals surface area (Å²) < 4.78 is 8.05. The second-order valence-corrected chi connectivity index (χ2v) is 7.45. The maximum absolute atomic E-state index is 13.1. The first-order valence-corrected chi connectivity index (χ1v) is 9.98. The molecule has 1 amide bonds. The predicted octanol–water partition coefficient (Wildman–Crippen LogP) is 3.82. The molecule has 5 rings (SSSR count). The van der Waals surface area contributed by atoms with E-state index in [-0.39, 0.29) is 11.8 Å². The number of para-hydroxylation sites is 2. The molecule has 2 aromatic carbocycles. The van der Waals surface area contributed by atoms with E-state index in [1.165, 1.54) is 24.1 Å². The summed E-state index contributed by atoms with van der Waals surface area (Å²) in [5.74, 6) is 1.15. The molecular formula is C23H23N3O2. The molecule has 0 spiro atoms. The van der Waals surface area contributed by atoms with Gasteiger partial charge in [0, 0.05) is 23.4 Å². The Labute approximate surface area is 164 Å². The third-order valence-electron chi connectivity index (χ3n) is 5.71. The smallest absolute Gasteiger partial charge is 0.232 e. The van der Waals surface area contributed by atoms with Crippen LogP contribution in [0.3, 0.4) is 0 Å². The molecule has 0 saturated carbocycles. The third-order valence-corrected chi connectivity index (χ3v) is 5.71. The molecule has 5 nitrogen and oxygen atoms in total. The number of ether oxygens (including phenoxy) is 1. The van der Waals surface area contributed by atoms with E-state index in [1.54, 1.807) is 0 Å². The minimum Gasteiger partial charge on any atom is -0.457 e. The van der Waals surface area contributed by atoms with E-state index in [4.69, 9.17) is 4.74 Å². The second kappa shape index (κ2) is 7.15. The van der Waals surface area contributed by atoms with Crippen molar-refractivity contribution in [2.75, 3.05) is 6.54 Å². The zero-order valence-electron chi connectivity index (χ0n) is 15.7. The summed E-state index contributed by atoms with van der Waals surface area (Å²) >= 11 is 0. The van der Waals surface area contributed by atoms with Gasteiger partial charge in [0.25, 0.3) is 0 Å². The number of carbonyl (C=O) groups is 1. The molecule has 3 aromatic rings. The molecule has 0 unspecified atom stereocenters. The molecule has 0 bridgehead atoms. The minimum atomic E-state index is -0.354. The van der Waals surface area contributed by atoms with Gasteiger partial charge < -0.3 is 10.1 Å². The van der Waals surface area contributed by atoms with Gasteiger partial charge in [0.15, 0.2) is 0 Å². The maximum Gasteiger partial charge on any atom is 0.232 e. The van der Waals surface area contributed by atoms with Crippen molar-refractivity contribution < 1.29 is 9.53 Å². The van der Waals surface area contributed by atoms with Gasteiger partial charge in [0.2, 0.25) is 5.91 Å². The van der Waals surface area contributed by atoms with E-state index in [2.05, 4.69) is 15.1 Å². The van der Waals surface area contributed by atoms with Gasteiger partial charge in [0.1, 0.15) is 11.5 Å². The molecule has 0 radical (unpaired) electrons. The van der Waals surface area contributed by atoms with Gasteiger partial charge in [-0.25, -0.2) is 0 Å². The summed E-state index contributed by atoms with van der Waals surface area (Å²) in [6, 6.07) is 15.5. The Morgan fingerprint density at radius 3 is 2.46 bits per heavy atom. The lowest BCUT2D eigenvalue weighted by Crippen LogP contribution is -2.34. The van der Waals surface area contributed by atoms with Crippen molar-refractivity contribution in [2.45, 2.75) is 38.1 Å². The van der Waals surface area contributed by atoms with Crippen molar-refractivity contribution in [1.82, 2.24) is 15.1 Å². The first kappa shape index (κ1) is 17.0. The van der Waals surface area contributed by atoms with E-state index in [9.17, 15) is 4.79 Å². The molecule has 2 aliphatic rings. The lowest BCUT2D eigenvalue weighted by molar-refractivity contribution is -0.121. The molecule has 1 N–H and O–H groups in total. The fourth-order valence-electron chi connectivity index (χ4n) is 4.33. The van der Waals surface area contributed by atoms with Crippen LogP contribution >= 0.6 is 0 Å². The average molecular weight is 373 g/mol. The summed E-state index contributed by atoms with van der Waals surface area (Å²) in [6.07, 6.45) is 6.67. The monoisotopic (exact) mass is 373 g/mol. The summed E-state index contributed by atoms with van der Waals surface area (Å²) in [4.78, 5) is 13.1. The highest BCUT2D eigenvalue weighted by Crippen LogP contribution is 2.43. The van der Waals surface area contributed by atoms with Crippen molar-refractivity contribution in [3.8, 4) is 11.5 Å². The van der Waals surface area contributed by atoms with Crippen LogP contribution in [-0.4, -0.2) is 22.2 Å². The molecule has 1 aliphatic heterocycles. The van der Waals surface area contributed by atoms with Crippen LogP contribution in [0.2, 0.25) is 0 Å². The first-order chi connectivity index (χ1) is 13.8. The Morgan fingerprint density at radius 1 is 1.04 bits per heavy atom. The second-order valence-electron chi connectivity index (χ2n) is 7.45. The van der Waals surface area contributed by atoms with Crippen LogP contribution in [0.25, 0.3) is 0 Å². The van der Waals surface area contributed by atoms with E-state index in [0.717, 1.165) is 35.5 Å². The van der Waals surface area contributed by atoms with Crippen molar-refractivity contribution in [2.24, 2.45) is 0 Å². The number of benzene rings is 2. The highest BCUT2D eigenvalue weighted by molar-refractivity contribution is 5.89. The Bertz CT molecular complexity index is 979. The zero-order chi connectivity index (χ0) is 18.9. The van der Waals surface area contributed by atoms with E-state index < -0.39 is 0 Å². The Balaban J connectivity index is 1.34. The molecule has 28 heavy (non-hydrogen) atoms. The molecule has 1 aromatic heterocycles. The molecule has 0 atom stereocenters. The van der Waals surface area contributed by atoms with Gasteiger partial charge in [-0.15, -0.1) is 0 Å². The van der Waals surface area contributed by atoms with Gasteiger partial charge in [-0.1, -0.05) is 36.4 Å².